The number of rotatable bonds is 9. The van der Waals surface area contributed by atoms with Gasteiger partial charge in [-0.15, -0.1) is 0 Å². The minimum Gasteiger partial charge on any atom is -0.376 e. The van der Waals surface area contributed by atoms with Gasteiger partial charge in [0, 0.05) is 44.5 Å². The average Bonchev–Trinajstić information content (AvgIpc) is 3.53. The van der Waals surface area contributed by atoms with E-state index in [4.69, 9.17) is 9.73 Å². The molecular weight excluding hydrogens is 398 g/mol. The van der Waals surface area contributed by atoms with Gasteiger partial charge >= 0.3 is 0 Å². The number of hydrogen-bond donors (Lipinski definition) is 1. The van der Waals surface area contributed by atoms with E-state index in [1.54, 1.807) is 6.20 Å². The Bertz CT molecular complexity index is 954. The maximum atomic E-state index is 5.97. The number of aliphatic imine (C=N–C) groups is 1. The van der Waals surface area contributed by atoms with Gasteiger partial charge in [0.25, 0.3) is 0 Å². The monoisotopic (exact) mass is 431 g/mol. The van der Waals surface area contributed by atoms with E-state index in [2.05, 4.69) is 70.8 Å². The van der Waals surface area contributed by atoms with Gasteiger partial charge in [0.05, 0.1) is 18.9 Å². The van der Waals surface area contributed by atoms with Crippen LogP contribution >= 0.6 is 0 Å². The van der Waals surface area contributed by atoms with Gasteiger partial charge in [0.15, 0.2) is 5.96 Å². The van der Waals surface area contributed by atoms with Crippen LogP contribution in [-0.4, -0.2) is 53.4 Å². The zero-order chi connectivity index (χ0) is 22.0. The van der Waals surface area contributed by atoms with Gasteiger partial charge in [-0.25, -0.2) is 4.68 Å². The number of nitrogens with zero attached hydrogens (tertiary/aromatic N) is 4. The third-order valence-electron chi connectivity index (χ3n) is 5.75. The predicted octanol–water partition coefficient (Wildman–Crippen LogP) is 3.92. The maximum absolute atomic E-state index is 5.97. The molecule has 1 atom stereocenters. The van der Waals surface area contributed by atoms with Crippen LogP contribution < -0.4 is 5.32 Å². The standard InChI is InChI=1S/C26H33N5O/c1-2-27-26(28-16-13-22-9-11-25(12-10-22)31-17-6-15-29-31)30-18-14-24(19-30)21-32-20-23-7-4-3-5-8-23/h3-12,15,17,24H,2,13-14,16,18-21H2,1H3,(H,27,28). The first-order chi connectivity index (χ1) is 15.8. The molecular formula is C26H33N5O. The van der Waals surface area contributed by atoms with Crippen LogP contribution in [0, 0.1) is 5.92 Å². The molecule has 0 spiro atoms. The van der Waals surface area contributed by atoms with E-state index in [0.717, 1.165) is 57.3 Å². The number of nitrogens with one attached hydrogen (secondary N) is 1. The summed E-state index contributed by atoms with van der Waals surface area (Å²) >= 11 is 0. The molecule has 1 saturated heterocycles. The summed E-state index contributed by atoms with van der Waals surface area (Å²) in [5.74, 6) is 1.57. The van der Waals surface area contributed by atoms with Crippen molar-refractivity contribution in [2.75, 3.05) is 32.8 Å². The van der Waals surface area contributed by atoms with Gasteiger partial charge in [0.2, 0.25) is 0 Å². The van der Waals surface area contributed by atoms with Crippen LogP contribution in [0.5, 0.6) is 0 Å². The molecule has 4 rings (SSSR count). The number of guanidine groups is 1. The normalized spacial score (nSPS) is 16.5. The zero-order valence-electron chi connectivity index (χ0n) is 18.9. The van der Waals surface area contributed by atoms with Crippen molar-refractivity contribution >= 4 is 5.96 Å². The van der Waals surface area contributed by atoms with Crippen molar-refractivity contribution in [3.63, 3.8) is 0 Å². The minimum absolute atomic E-state index is 0.553. The van der Waals surface area contributed by atoms with E-state index in [1.165, 1.54) is 11.1 Å². The Morgan fingerprint density at radius 3 is 2.69 bits per heavy atom. The quantitative estimate of drug-likeness (QED) is 0.412. The lowest BCUT2D eigenvalue weighted by Gasteiger charge is -2.21. The van der Waals surface area contributed by atoms with Crippen LogP contribution in [0.4, 0.5) is 0 Å². The SMILES string of the molecule is CCNC(=NCCc1ccc(-n2cccn2)cc1)N1CCC(COCc2ccccc2)C1. The smallest absolute Gasteiger partial charge is 0.193 e. The molecule has 0 bridgehead atoms. The van der Waals surface area contributed by atoms with Gasteiger partial charge in [-0.2, -0.15) is 5.10 Å². The van der Waals surface area contributed by atoms with E-state index < -0.39 is 0 Å². The molecule has 32 heavy (non-hydrogen) atoms. The number of hydrogen-bond acceptors (Lipinski definition) is 3. The van der Waals surface area contributed by atoms with E-state index in [9.17, 15) is 0 Å². The molecule has 0 amide bonds. The van der Waals surface area contributed by atoms with Crippen molar-refractivity contribution in [3.8, 4) is 5.69 Å². The topological polar surface area (TPSA) is 54.7 Å². The lowest BCUT2D eigenvalue weighted by atomic mass is 10.1. The van der Waals surface area contributed by atoms with Crippen molar-refractivity contribution in [2.24, 2.45) is 10.9 Å². The average molecular weight is 432 g/mol. The molecule has 6 nitrogen and oxygen atoms in total. The molecule has 1 unspecified atom stereocenters. The van der Waals surface area contributed by atoms with Gasteiger partial charge in [0.1, 0.15) is 0 Å². The van der Waals surface area contributed by atoms with Crippen LogP contribution in [-0.2, 0) is 17.8 Å². The molecule has 0 saturated carbocycles. The van der Waals surface area contributed by atoms with E-state index >= 15 is 0 Å². The minimum atomic E-state index is 0.553. The third kappa shape index (κ3) is 6.20. The number of ether oxygens (including phenoxy) is 1. The summed E-state index contributed by atoms with van der Waals surface area (Å²) in [6.45, 7) is 7.29. The van der Waals surface area contributed by atoms with Crippen molar-refractivity contribution in [1.29, 1.82) is 0 Å². The van der Waals surface area contributed by atoms with Crippen LogP contribution in [0.3, 0.4) is 0 Å². The number of aromatic nitrogens is 2. The maximum Gasteiger partial charge on any atom is 0.193 e. The Kier molecular flexibility index (Phi) is 7.93. The van der Waals surface area contributed by atoms with Gasteiger partial charge in [-0.3, -0.25) is 4.99 Å². The predicted molar refractivity (Wildman–Crippen MR) is 129 cm³/mol. The highest BCUT2D eigenvalue weighted by Gasteiger charge is 2.24. The van der Waals surface area contributed by atoms with Crippen LogP contribution in [0.1, 0.15) is 24.5 Å². The van der Waals surface area contributed by atoms with E-state index in [1.807, 2.05) is 23.0 Å². The Morgan fingerprint density at radius 2 is 1.94 bits per heavy atom. The van der Waals surface area contributed by atoms with Gasteiger partial charge in [-0.1, -0.05) is 42.5 Å². The summed E-state index contributed by atoms with van der Waals surface area (Å²) in [7, 11) is 0. The fourth-order valence-electron chi connectivity index (χ4n) is 4.03. The molecule has 0 aliphatic carbocycles. The molecule has 168 valence electrons. The largest absolute Gasteiger partial charge is 0.376 e. The first-order valence-corrected chi connectivity index (χ1v) is 11.6. The van der Waals surface area contributed by atoms with Gasteiger partial charge in [-0.05, 0) is 49.1 Å². The lowest BCUT2D eigenvalue weighted by Crippen LogP contribution is -2.40. The highest BCUT2D eigenvalue weighted by atomic mass is 16.5. The summed E-state index contributed by atoms with van der Waals surface area (Å²) in [6.07, 6.45) is 5.82. The second kappa shape index (κ2) is 11.5. The van der Waals surface area contributed by atoms with Crippen molar-refractivity contribution in [1.82, 2.24) is 20.0 Å². The molecule has 6 heteroatoms. The van der Waals surface area contributed by atoms with Crippen molar-refractivity contribution in [2.45, 2.75) is 26.4 Å². The molecule has 1 aromatic heterocycles. The first kappa shape index (κ1) is 22.1. The zero-order valence-corrected chi connectivity index (χ0v) is 18.9. The van der Waals surface area contributed by atoms with E-state index in [0.29, 0.717) is 12.5 Å². The second-order valence-electron chi connectivity index (χ2n) is 8.20. The Morgan fingerprint density at radius 1 is 1.09 bits per heavy atom. The Balaban J connectivity index is 1.24. The van der Waals surface area contributed by atoms with Crippen LogP contribution in [0.2, 0.25) is 0 Å². The molecule has 2 aromatic carbocycles. The van der Waals surface area contributed by atoms with E-state index in [-0.39, 0.29) is 0 Å². The highest BCUT2D eigenvalue weighted by Crippen LogP contribution is 2.17. The lowest BCUT2D eigenvalue weighted by molar-refractivity contribution is 0.0907. The summed E-state index contributed by atoms with van der Waals surface area (Å²) in [5.41, 5.74) is 3.59. The number of benzene rings is 2. The Hall–Kier alpha value is -3.12. The fourth-order valence-corrected chi connectivity index (χ4v) is 4.03. The van der Waals surface area contributed by atoms with Crippen LogP contribution in [0.25, 0.3) is 5.69 Å². The molecule has 0 radical (unpaired) electrons. The highest BCUT2D eigenvalue weighted by molar-refractivity contribution is 5.80. The third-order valence-corrected chi connectivity index (χ3v) is 5.75. The fraction of sp³-hybridized carbons (Fsp3) is 0.385. The summed E-state index contributed by atoms with van der Waals surface area (Å²) < 4.78 is 7.85. The molecule has 1 N–H and O–H groups in total. The number of likely N-dealkylation sites (tertiary alicyclic amines) is 1. The van der Waals surface area contributed by atoms with Gasteiger partial charge < -0.3 is 15.0 Å². The molecule has 1 aliphatic rings. The molecule has 3 aromatic rings. The molecule has 1 aliphatic heterocycles. The summed E-state index contributed by atoms with van der Waals surface area (Å²) in [4.78, 5) is 7.27. The molecule has 1 fully saturated rings. The van der Waals surface area contributed by atoms with Crippen LogP contribution in [0.15, 0.2) is 78.0 Å². The summed E-state index contributed by atoms with van der Waals surface area (Å²) in [5, 5.41) is 7.74. The second-order valence-corrected chi connectivity index (χ2v) is 8.20. The Labute approximate surface area is 190 Å². The van der Waals surface area contributed by atoms with Crippen molar-refractivity contribution < 1.29 is 4.74 Å². The molecule has 2 heterocycles. The van der Waals surface area contributed by atoms with Crippen molar-refractivity contribution in [3.05, 3.63) is 84.2 Å². The first-order valence-electron chi connectivity index (χ1n) is 11.6. The summed E-state index contributed by atoms with van der Waals surface area (Å²) in [6, 6.07) is 20.9.